The first-order chi connectivity index (χ1) is 16.7. The van der Waals surface area contributed by atoms with Crippen molar-refractivity contribution in [3.05, 3.63) is 11.6 Å². The second-order valence-electron chi connectivity index (χ2n) is 11.4. The van der Waals surface area contributed by atoms with Crippen LogP contribution < -0.4 is 0 Å². The largest absolute Gasteiger partial charge is 0.462 e. The zero-order valence-electron chi connectivity index (χ0n) is 21.7. The smallest absolute Gasteiger partial charge is 0.342 e. The number of rotatable bonds is 3. The summed E-state index contributed by atoms with van der Waals surface area (Å²) in [7, 11) is 0. The molecule has 5 aliphatic rings. The molecule has 3 saturated heterocycles. The van der Waals surface area contributed by atoms with Gasteiger partial charge in [-0.3, -0.25) is 14.4 Å². The van der Waals surface area contributed by atoms with Gasteiger partial charge in [-0.15, -0.1) is 0 Å². The van der Waals surface area contributed by atoms with Crippen LogP contribution in [0.3, 0.4) is 0 Å². The molecule has 10 atom stereocenters. The van der Waals surface area contributed by atoms with Crippen LogP contribution in [0.15, 0.2) is 11.6 Å². The molecule has 0 N–H and O–H groups in total. The predicted octanol–water partition coefficient (Wildman–Crippen LogP) is 2.16. The fraction of sp³-hybridized carbons (Fsp3) is 0.769. The Labute approximate surface area is 209 Å². The lowest BCUT2D eigenvalue weighted by Crippen LogP contribution is -2.66. The summed E-state index contributed by atoms with van der Waals surface area (Å²) in [6, 6.07) is 0. The topological polar surface area (TPSA) is 130 Å². The first-order valence-electron chi connectivity index (χ1n) is 12.5. The molecular weight excluding hydrogens is 472 g/mol. The first kappa shape index (κ1) is 25.2. The average molecular weight is 507 g/mol. The highest BCUT2D eigenvalue weighted by Crippen LogP contribution is 2.69. The predicted molar refractivity (Wildman–Crippen MR) is 121 cm³/mol. The molecule has 3 heterocycles. The Balaban J connectivity index is 1.75. The maximum atomic E-state index is 13.0. The molecule has 36 heavy (non-hydrogen) atoms. The van der Waals surface area contributed by atoms with E-state index in [9.17, 15) is 19.2 Å². The summed E-state index contributed by atoms with van der Waals surface area (Å²) < 4.78 is 36.0. The fourth-order valence-electron chi connectivity index (χ4n) is 7.29. The second-order valence-corrected chi connectivity index (χ2v) is 11.4. The molecule has 10 nitrogen and oxygen atoms in total. The van der Waals surface area contributed by atoms with Gasteiger partial charge in [0.05, 0.1) is 17.1 Å². The number of carbonyl (C=O) groups is 4. The van der Waals surface area contributed by atoms with Crippen molar-refractivity contribution < 1.29 is 47.6 Å². The molecule has 10 heteroatoms. The fourth-order valence-corrected chi connectivity index (χ4v) is 7.29. The highest BCUT2D eigenvalue weighted by atomic mass is 16.7. The maximum Gasteiger partial charge on any atom is 0.342 e. The Morgan fingerprint density at radius 1 is 0.972 bits per heavy atom. The highest BCUT2D eigenvalue weighted by molar-refractivity contribution is 5.89. The minimum absolute atomic E-state index is 0.283. The van der Waals surface area contributed by atoms with Gasteiger partial charge in [0.2, 0.25) is 0 Å². The standard InChI is InChI=1S/C26H34O10/c1-12-8-9-16(31-13(2)27)23(5)17(32-14(3)28)11-18-24(6,35-18)20(23)21(33-15(4)29)26-19(10-12)34-22(30)25(26,7)36-26/h10,16-21H,8-9,11H2,1-7H3/b12-10-/t16-,17+,18+,19+,20?,21-,23+,24+,25+,26+/m1/s1. The Bertz CT molecular complexity index is 1070. The molecular formula is C26H34O10. The van der Waals surface area contributed by atoms with Gasteiger partial charge in [-0.05, 0) is 39.7 Å². The Hall–Kier alpha value is -2.46. The molecule has 4 fully saturated rings. The number of allylic oxidation sites excluding steroid dienone is 1. The first-order valence-corrected chi connectivity index (χ1v) is 12.5. The van der Waals surface area contributed by atoms with Gasteiger partial charge in [0.15, 0.2) is 17.3 Å². The number of hydrogen-bond donors (Lipinski definition) is 0. The van der Waals surface area contributed by atoms with Crippen LogP contribution in [0.5, 0.6) is 0 Å². The van der Waals surface area contributed by atoms with E-state index in [1.54, 1.807) is 6.92 Å². The van der Waals surface area contributed by atoms with Crippen molar-refractivity contribution in [1.29, 1.82) is 0 Å². The van der Waals surface area contributed by atoms with E-state index in [0.717, 1.165) is 5.57 Å². The molecule has 0 aromatic carbocycles. The summed E-state index contributed by atoms with van der Waals surface area (Å²) in [5, 5.41) is 0. The monoisotopic (exact) mass is 506 g/mol. The molecule has 0 bridgehead atoms. The molecule has 5 rings (SSSR count). The summed E-state index contributed by atoms with van der Waals surface area (Å²) in [6.07, 6.45) is -0.313. The average Bonchev–Trinajstić information content (AvgIpc) is 3.58. The number of fused-ring (bicyclic) bond motifs is 3. The van der Waals surface area contributed by atoms with E-state index in [1.807, 2.05) is 26.8 Å². The summed E-state index contributed by atoms with van der Waals surface area (Å²) in [4.78, 5) is 50.1. The van der Waals surface area contributed by atoms with Gasteiger partial charge in [0.1, 0.15) is 18.3 Å². The minimum atomic E-state index is -1.33. The van der Waals surface area contributed by atoms with Crippen LogP contribution in [0.4, 0.5) is 0 Å². The normalized spacial score (nSPS) is 50.0. The molecule has 0 radical (unpaired) electrons. The highest BCUT2D eigenvalue weighted by Gasteiger charge is 2.89. The zero-order valence-corrected chi connectivity index (χ0v) is 21.7. The van der Waals surface area contributed by atoms with Gasteiger partial charge < -0.3 is 28.4 Å². The van der Waals surface area contributed by atoms with Crippen molar-refractivity contribution in [2.24, 2.45) is 11.3 Å². The van der Waals surface area contributed by atoms with Crippen LogP contribution in [0.1, 0.15) is 67.7 Å². The van der Waals surface area contributed by atoms with Crippen LogP contribution in [0.2, 0.25) is 0 Å². The second kappa shape index (κ2) is 7.77. The summed E-state index contributed by atoms with van der Waals surface area (Å²) in [5.41, 5.74) is -3.59. The van der Waals surface area contributed by atoms with Gasteiger partial charge >= 0.3 is 23.9 Å². The van der Waals surface area contributed by atoms with E-state index < -0.39 is 76.4 Å². The summed E-state index contributed by atoms with van der Waals surface area (Å²) >= 11 is 0. The Kier molecular flexibility index (Phi) is 5.44. The summed E-state index contributed by atoms with van der Waals surface area (Å²) in [5.74, 6) is -2.71. The van der Waals surface area contributed by atoms with Gasteiger partial charge in [-0.2, -0.15) is 0 Å². The van der Waals surface area contributed by atoms with Crippen LogP contribution >= 0.6 is 0 Å². The van der Waals surface area contributed by atoms with Crippen molar-refractivity contribution >= 4 is 23.9 Å². The lowest BCUT2D eigenvalue weighted by molar-refractivity contribution is -0.212. The van der Waals surface area contributed by atoms with Gasteiger partial charge in [0, 0.05) is 33.1 Å². The Morgan fingerprint density at radius 2 is 1.58 bits per heavy atom. The Morgan fingerprint density at radius 3 is 2.17 bits per heavy atom. The van der Waals surface area contributed by atoms with E-state index in [1.165, 1.54) is 20.8 Å². The zero-order chi connectivity index (χ0) is 26.4. The van der Waals surface area contributed by atoms with Crippen LogP contribution in [0, 0.1) is 11.3 Å². The van der Waals surface area contributed by atoms with Gasteiger partial charge in [-0.1, -0.05) is 12.5 Å². The minimum Gasteiger partial charge on any atom is -0.462 e. The number of hydrogen-bond acceptors (Lipinski definition) is 10. The SMILES string of the molecule is CC(=O)O[C@H]1C[C@@H]2O[C@]2(C)C2[C@@H](OC(C)=O)[C@]34O[C@@]3(C)C(=O)O[C@H]4/C=C(/C)CC[C@@H](OC(C)=O)[C@]21C. The van der Waals surface area contributed by atoms with E-state index >= 15 is 0 Å². The van der Waals surface area contributed by atoms with Crippen LogP contribution in [0.25, 0.3) is 0 Å². The lowest BCUT2D eigenvalue weighted by atomic mass is 9.53. The molecule has 0 aromatic heterocycles. The van der Waals surface area contributed by atoms with Crippen molar-refractivity contribution in [2.75, 3.05) is 0 Å². The van der Waals surface area contributed by atoms with Gasteiger partial charge in [0.25, 0.3) is 0 Å². The number of epoxide rings is 2. The molecule has 1 unspecified atom stereocenters. The lowest BCUT2D eigenvalue weighted by Gasteiger charge is -2.54. The molecule has 0 amide bonds. The molecule has 198 valence electrons. The van der Waals surface area contributed by atoms with E-state index in [-0.39, 0.29) is 6.10 Å². The molecule has 2 aliphatic carbocycles. The van der Waals surface area contributed by atoms with Gasteiger partial charge in [-0.25, -0.2) is 4.79 Å². The van der Waals surface area contributed by atoms with Crippen molar-refractivity contribution in [1.82, 2.24) is 0 Å². The van der Waals surface area contributed by atoms with E-state index in [4.69, 9.17) is 28.4 Å². The number of ether oxygens (including phenoxy) is 6. The third-order valence-corrected chi connectivity index (χ3v) is 9.08. The number of esters is 4. The van der Waals surface area contributed by atoms with E-state index in [0.29, 0.717) is 19.3 Å². The number of carbonyl (C=O) groups excluding carboxylic acids is 4. The maximum absolute atomic E-state index is 13.0. The third-order valence-electron chi connectivity index (χ3n) is 9.08. The third kappa shape index (κ3) is 3.29. The molecule has 0 aromatic rings. The van der Waals surface area contributed by atoms with E-state index in [2.05, 4.69) is 0 Å². The molecule has 1 saturated carbocycles. The quantitative estimate of drug-likeness (QED) is 0.243. The summed E-state index contributed by atoms with van der Waals surface area (Å²) in [6.45, 7) is 11.3. The molecule has 3 aliphatic heterocycles. The van der Waals surface area contributed by atoms with Crippen molar-refractivity contribution in [3.63, 3.8) is 0 Å². The van der Waals surface area contributed by atoms with Crippen LogP contribution in [-0.4, -0.2) is 71.2 Å². The molecule has 1 spiro atoms. The van der Waals surface area contributed by atoms with Crippen molar-refractivity contribution in [3.8, 4) is 0 Å². The van der Waals surface area contributed by atoms with Crippen LogP contribution in [-0.2, 0) is 47.6 Å². The van der Waals surface area contributed by atoms with Crippen molar-refractivity contribution in [2.45, 2.75) is 115 Å².